The van der Waals surface area contributed by atoms with E-state index < -0.39 is 0 Å². The molecule has 0 aromatic heterocycles. The maximum Gasteiger partial charge on any atom is 0.250 e. The van der Waals surface area contributed by atoms with Gasteiger partial charge in [0.25, 0.3) is 0 Å². The van der Waals surface area contributed by atoms with Crippen molar-refractivity contribution in [1.82, 2.24) is 10.3 Å². The number of amides is 1. The summed E-state index contributed by atoms with van der Waals surface area (Å²) in [6.45, 7) is 2.92. The Morgan fingerprint density at radius 3 is 2.46 bits per heavy atom. The number of thioether (sulfide) groups is 1. The zero-order chi connectivity index (χ0) is 18.2. The molecule has 6 heteroatoms. The van der Waals surface area contributed by atoms with E-state index in [0.29, 0.717) is 10.8 Å². The molecule has 136 valence electrons. The molecule has 0 bridgehead atoms. The Balaban J connectivity index is 1.38. The van der Waals surface area contributed by atoms with Gasteiger partial charge in [0.05, 0.1) is 5.75 Å². The average Bonchev–Trinajstić information content (AvgIpc) is 2.68. The fourth-order valence-electron chi connectivity index (χ4n) is 2.78. The average molecular weight is 388 g/mol. The number of rotatable bonds is 6. The first-order chi connectivity index (χ1) is 12.7. The smallest absolute Gasteiger partial charge is 0.250 e. The molecule has 1 N–H and O–H groups in total. The SMILES string of the molecule is O=C(CSc1ccc(Cl)cc1)NN=C1CCN(Cc2ccccc2)CC1. The number of nitrogens with one attached hydrogen (secondary N) is 1. The molecule has 1 amide bonds. The quantitative estimate of drug-likeness (QED) is 0.596. The van der Waals surface area contributed by atoms with Gasteiger partial charge in [-0.05, 0) is 29.8 Å². The molecule has 0 spiro atoms. The normalized spacial score (nSPS) is 14.9. The van der Waals surface area contributed by atoms with E-state index in [9.17, 15) is 4.79 Å². The Morgan fingerprint density at radius 2 is 1.77 bits per heavy atom. The molecule has 1 aliphatic rings. The lowest BCUT2D eigenvalue weighted by Gasteiger charge is -2.27. The van der Waals surface area contributed by atoms with Gasteiger partial charge in [0.1, 0.15) is 0 Å². The number of benzene rings is 2. The van der Waals surface area contributed by atoms with Crippen molar-refractivity contribution in [3.63, 3.8) is 0 Å². The largest absolute Gasteiger partial charge is 0.298 e. The standard InChI is InChI=1S/C20H22ClN3OS/c21-17-6-8-19(9-7-17)26-15-20(25)23-22-18-10-12-24(13-11-18)14-16-4-2-1-3-5-16/h1-9H,10-15H2,(H,23,25). The lowest BCUT2D eigenvalue weighted by atomic mass is 10.1. The van der Waals surface area contributed by atoms with Gasteiger partial charge in [-0.15, -0.1) is 11.8 Å². The minimum atomic E-state index is -0.0795. The van der Waals surface area contributed by atoms with Crippen molar-refractivity contribution in [2.45, 2.75) is 24.3 Å². The van der Waals surface area contributed by atoms with Gasteiger partial charge in [0.15, 0.2) is 0 Å². The van der Waals surface area contributed by atoms with Gasteiger partial charge in [-0.25, -0.2) is 5.43 Å². The zero-order valence-corrected chi connectivity index (χ0v) is 16.1. The van der Waals surface area contributed by atoms with E-state index in [1.807, 2.05) is 30.3 Å². The molecule has 1 saturated heterocycles. The molecule has 4 nitrogen and oxygen atoms in total. The molecule has 2 aromatic carbocycles. The van der Waals surface area contributed by atoms with Crippen LogP contribution in [-0.2, 0) is 11.3 Å². The predicted octanol–water partition coefficient (Wildman–Crippen LogP) is 4.20. The Morgan fingerprint density at radius 1 is 1.08 bits per heavy atom. The van der Waals surface area contributed by atoms with Crippen LogP contribution in [0.1, 0.15) is 18.4 Å². The molecule has 0 aliphatic carbocycles. The number of likely N-dealkylation sites (tertiary alicyclic amines) is 1. The van der Waals surface area contributed by atoms with E-state index in [0.717, 1.165) is 43.1 Å². The first-order valence-corrected chi connectivity index (χ1v) is 10.0. The molecule has 3 rings (SSSR count). The van der Waals surface area contributed by atoms with Crippen LogP contribution in [-0.4, -0.2) is 35.4 Å². The third-order valence-electron chi connectivity index (χ3n) is 4.20. The van der Waals surface area contributed by atoms with Crippen molar-refractivity contribution in [3.8, 4) is 0 Å². The van der Waals surface area contributed by atoms with E-state index >= 15 is 0 Å². The summed E-state index contributed by atoms with van der Waals surface area (Å²) in [5.74, 6) is 0.266. The van der Waals surface area contributed by atoms with Crippen molar-refractivity contribution in [3.05, 3.63) is 65.2 Å². The number of halogens is 1. The molecule has 0 atom stereocenters. The summed E-state index contributed by atoms with van der Waals surface area (Å²) in [7, 11) is 0. The molecule has 0 saturated carbocycles. The highest BCUT2D eigenvalue weighted by atomic mass is 35.5. The first kappa shape index (κ1) is 19.0. The second kappa shape index (κ2) is 9.76. The fraction of sp³-hybridized carbons (Fsp3) is 0.300. The molecule has 0 radical (unpaired) electrons. The summed E-state index contributed by atoms with van der Waals surface area (Å²) in [4.78, 5) is 15.4. The van der Waals surface area contributed by atoms with Crippen LogP contribution in [0.2, 0.25) is 5.02 Å². The Bertz CT molecular complexity index is 739. The van der Waals surface area contributed by atoms with Crippen molar-refractivity contribution in [2.75, 3.05) is 18.8 Å². The van der Waals surface area contributed by atoms with Crippen molar-refractivity contribution in [2.24, 2.45) is 5.10 Å². The van der Waals surface area contributed by atoms with Gasteiger partial charge in [0, 0.05) is 48.1 Å². The van der Waals surface area contributed by atoms with E-state index in [2.05, 4.69) is 39.7 Å². The first-order valence-electron chi connectivity index (χ1n) is 8.68. The van der Waals surface area contributed by atoms with E-state index in [-0.39, 0.29) is 5.91 Å². The molecule has 26 heavy (non-hydrogen) atoms. The number of nitrogens with zero attached hydrogens (tertiary/aromatic N) is 2. The number of carbonyl (C=O) groups excluding carboxylic acids is 1. The molecule has 0 unspecified atom stereocenters. The summed E-state index contributed by atoms with van der Waals surface area (Å²) in [6, 6.07) is 18.0. The van der Waals surface area contributed by atoms with Crippen molar-refractivity contribution >= 4 is 35.0 Å². The highest BCUT2D eigenvalue weighted by Gasteiger charge is 2.15. The van der Waals surface area contributed by atoms with Crippen LogP contribution in [0.15, 0.2) is 64.6 Å². The highest BCUT2D eigenvalue weighted by molar-refractivity contribution is 8.00. The van der Waals surface area contributed by atoms with Crippen LogP contribution in [0.3, 0.4) is 0 Å². The molecule has 2 aromatic rings. The summed E-state index contributed by atoms with van der Waals surface area (Å²) in [5.41, 5.74) is 5.08. The highest BCUT2D eigenvalue weighted by Crippen LogP contribution is 2.20. The second-order valence-electron chi connectivity index (χ2n) is 6.22. The van der Waals surface area contributed by atoms with Crippen LogP contribution in [0.25, 0.3) is 0 Å². The summed E-state index contributed by atoms with van der Waals surface area (Å²) >= 11 is 7.33. The van der Waals surface area contributed by atoms with E-state index in [4.69, 9.17) is 11.6 Å². The van der Waals surface area contributed by atoms with E-state index in [1.54, 1.807) is 0 Å². The van der Waals surface area contributed by atoms with Crippen LogP contribution < -0.4 is 5.43 Å². The molecule has 1 heterocycles. The number of hydrogen-bond donors (Lipinski definition) is 1. The van der Waals surface area contributed by atoms with Crippen molar-refractivity contribution < 1.29 is 4.79 Å². The Hall–Kier alpha value is -1.82. The minimum absolute atomic E-state index is 0.0795. The Kier molecular flexibility index (Phi) is 7.12. The minimum Gasteiger partial charge on any atom is -0.298 e. The number of carbonyl (C=O) groups is 1. The number of piperidine rings is 1. The second-order valence-corrected chi connectivity index (χ2v) is 7.70. The van der Waals surface area contributed by atoms with Gasteiger partial charge in [-0.2, -0.15) is 5.10 Å². The maximum absolute atomic E-state index is 12.0. The topological polar surface area (TPSA) is 44.7 Å². The third kappa shape index (κ3) is 6.16. The number of hydrogen-bond acceptors (Lipinski definition) is 4. The fourth-order valence-corrected chi connectivity index (χ4v) is 3.59. The van der Waals surface area contributed by atoms with Crippen LogP contribution in [0.5, 0.6) is 0 Å². The molecular formula is C20H22ClN3OS. The lowest BCUT2D eigenvalue weighted by molar-refractivity contribution is -0.118. The van der Waals surface area contributed by atoms with Crippen LogP contribution in [0, 0.1) is 0 Å². The monoisotopic (exact) mass is 387 g/mol. The lowest BCUT2D eigenvalue weighted by Crippen LogP contribution is -2.34. The van der Waals surface area contributed by atoms with Gasteiger partial charge >= 0.3 is 0 Å². The van der Waals surface area contributed by atoms with Gasteiger partial charge < -0.3 is 0 Å². The van der Waals surface area contributed by atoms with Crippen molar-refractivity contribution in [1.29, 1.82) is 0 Å². The zero-order valence-electron chi connectivity index (χ0n) is 14.5. The van der Waals surface area contributed by atoms with Gasteiger partial charge in [-0.3, -0.25) is 9.69 Å². The Labute approximate surface area is 163 Å². The number of hydrazone groups is 1. The summed E-state index contributed by atoms with van der Waals surface area (Å²) in [6.07, 6.45) is 1.80. The van der Waals surface area contributed by atoms with Crippen LogP contribution in [0.4, 0.5) is 0 Å². The van der Waals surface area contributed by atoms with Gasteiger partial charge in [0.2, 0.25) is 5.91 Å². The molecular weight excluding hydrogens is 366 g/mol. The summed E-state index contributed by atoms with van der Waals surface area (Å²) in [5, 5.41) is 5.00. The molecule has 1 fully saturated rings. The molecule has 1 aliphatic heterocycles. The van der Waals surface area contributed by atoms with E-state index in [1.165, 1.54) is 17.3 Å². The summed E-state index contributed by atoms with van der Waals surface area (Å²) < 4.78 is 0. The predicted molar refractivity (Wildman–Crippen MR) is 109 cm³/mol. The third-order valence-corrected chi connectivity index (χ3v) is 5.47. The van der Waals surface area contributed by atoms with Crippen LogP contribution >= 0.6 is 23.4 Å². The van der Waals surface area contributed by atoms with Gasteiger partial charge in [-0.1, -0.05) is 41.9 Å². The maximum atomic E-state index is 12.0.